The maximum absolute atomic E-state index is 12.6. The summed E-state index contributed by atoms with van der Waals surface area (Å²) in [6.07, 6.45) is 3.64. The highest BCUT2D eigenvalue weighted by atomic mass is 35.5. The number of aromatic nitrogens is 2. The van der Waals surface area contributed by atoms with Gasteiger partial charge >= 0.3 is 0 Å². The zero-order valence-corrected chi connectivity index (χ0v) is 17.0. The lowest BCUT2D eigenvalue weighted by atomic mass is 10.1. The van der Waals surface area contributed by atoms with Crippen molar-refractivity contribution in [3.63, 3.8) is 0 Å². The van der Waals surface area contributed by atoms with Crippen molar-refractivity contribution in [3.8, 4) is 0 Å². The number of rotatable bonds is 4. The van der Waals surface area contributed by atoms with Crippen LogP contribution in [0.25, 0.3) is 6.08 Å². The molecule has 0 radical (unpaired) electrons. The van der Waals surface area contributed by atoms with Crippen LogP contribution in [-0.4, -0.2) is 45.9 Å². The highest BCUT2D eigenvalue weighted by molar-refractivity contribution is 6.31. The van der Waals surface area contributed by atoms with Crippen LogP contribution in [0.1, 0.15) is 36.4 Å². The Morgan fingerprint density at radius 1 is 1.26 bits per heavy atom. The number of hydrogen-bond donors (Lipinski definition) is 0. The molecule has 1 amide bonds. The fraction of sp³-hybridized carbons (Fsp3) is 0.429. The van der Waals surface area contributed by atoms with Crippen LogP contribution in [0.2, 0.25) is 5.02 Å². The molecule has 0 spiro atoms. The van der Waals surface area contributed by atoms with E-state index >= 15 is 0 Å². The number of ether oxygens (including phenoxy) is 1. The molecule has 6 heteroatoms. The van der Waals surface area contributed by atoms with Gasteiger partial charge in [-0.15, -0.1) is 0 Å². The minimum Gasteiger partial charge on any atom is -0.372 e. The molecule has 1 aromatic carbocycles. The molecular weight excluding hydrogens is 362 g/mol. The van der Waals surface area contributed by atoms with Crippen molar-refractivity contribution < 1.29 is 9.53 Å². The van der Waals surface area contributed by atoms with Crippen molar-refractivity contribution in [2.75, 3.05) is 13.1 Å². The Morgan fingerprint density at radius 3 is 2.59 bits per heavy atom. The lowest BCUT2D eigenvalue weighted by molar-refractivity contribution is -0.137. The van der Waals surface area contributed by atoms with Gasteiger partial charge in [-0.1, -0.05) is 29.8 Å². The normalized spacial score (nSPS) is 20.4. The van der Waals surface area contributed by atoms with E-state index in [0.29, 0.717) is 19.6 Å². The van der Waals surface area contributed by atoms with Gasteiger partial charge < -0.3 is 9.64 Å². The molecule has 0 bridgehead atoms. The third-order valence-corrected chi connectivity index (χ3v) is 5.21. The molecule has 2 aromatic rings. The average molecular weight is 388 g/mol. The lowest BCUT2D eigenvalue weighted by Crippen LogP contribution is -2.47. The number of nitrogens with zero attached hydrogens (tertiary/aromatic N) is 3. The van der Waals surface area contributed by atoms with Crippen molar-refractivity contribution in [1.82, 2.24) is 14.7 Å². The highest BCUT2D eigenvalue weighted by Gasteiger charge is 2.24. The van der Waals surface area contributed by atoms with E-state index in [1.807, 2.05) is 67.6 Å². The molecule has 0 aliphatic carbocycles. The SMILES string of the molecule is Cc1nn(Cc2ccccc2Cl)c(C)c1/C=C/C(=O)N1CC(C)OC(C)C1. The van der Waals surface area contributed by atoms with Crippen LogP contribution < -0.4 is 0 Å². The highest BCUT2D eigenvalue weighted by Crippen LogP contribution is 2.20. The largest absolute Gasteiger partial charge is 0.372 e. The summed E-state index contributed by atoms with van der Waals surface area (Å²) < 4.78 is 7.63. The van der Waals surface area contributed by atoms with Crippen molar-refractivity contribution in [2.24, 2.45) is 0 Å². The van der Waals surface area contributed by atoms with Gasteiger partial charge in [0.1, 0.15) is 0 Å². The maximum atomic E-state index is 12.6. The first-order valence-electron chi connectivity index (χ1n) is 9.25. The number of carbonyl (C=O) groups excluding carboxylic acids is 1. The molecule has 0 saturated carbocycles. The number of hydrogen-bond acceptors (Lipinski definition) is 3. The van der Waals surface area contributed by atoms with Crippen LogP contribution in [-0.2, 0) is 16.1 Å². The number of amides is 1. The van der Waals surface area contributed by atoms with Gasteiger partial charge in [-0.05, 0) is 45.4 Å². The molecule has 1 aromatic heterocycles. The van der Waals surface area contributed by atoms with E-state index in [9.17, 15) is 4.79 Å². The third-order valence-electron chi connectivity index (χ3n) is 4.84. The molecular formula is C21H26ClN3O2. The fourth-order valence-electron chi connectivity index (χ4n) is 3.51. The van der Waals surface area contributed by atoms with Crippen LogP contribution in [0, 0.1) is 13.8 Å². The first-order valence-corrected chi connectivity index (χ1v) is 9.62. The molecule has 0 N–H and O–H groups in total. The maximum Gasteiger partial charge on any atom is 0.246 e. The Kier molecular flexibility index (Phi) is 6.02. The average Bonchev–Trinajstić information content (AvgIpc) is 2.87. The molecule has 144 valence electrons. The van der Waals surface area contributed by atoms with E-state index in [-0.39, 0.29) is 18.1 Å². The van der Waals surface area contributed by atoms with E-state index < -0.39 is 0 Å². The number of aryl methyl sites for hydroxylation is 1. The number of carbonyl (C=O) groups is 1. The summed E-state index contributed by atoms with van der Waals surface area (Å²) in [6.45, 7) is 9.81. The summed E-state index contributed by atoms with van der Waals surface area (Å²) in [5.74, 6) is 0.00894. The molecule has 1 fully saturated rings. The molecule has 1 aliphatic rings. The van der Waals surface area contributed by atoms with Gasteiger partial charge in [0.25, 0.3) is 0 Å². The predicted octanol–water partition coefficient (Wildman–Crippen LogP) is 3.85. The lowest BCUT2D eigenvalue weighted by Gasteiger charge is -2.34. The van der Waals surface area contributed by atoms with Gasteiger partial charge in [0.2, 0.25) is 5.91 Å². The van der Waals surface area contributed by atoms with Gasteiger partial charge in [0, 0.05) is 35.4 Å². The van der Waals surface area contributed by atoms with Gasteiger partial charge in [-0.25, -0.2) is 0 Å². The summed E-state index contributed by atoms with van der Waals surface area (Å²) in [4.78, 5) is 14.4. The van der Waals surface area contributed by atoms with Crippen LogP contribution in [0.4, 0.5) is 0 Å². The minimum atomic E-state index is 0.00894. The predicted molar refractivity (Wildman–Crippen MR) is 108 cm³/mol. The van der Waals surface area contributed by atoms with Crippen LogP contribution in [0.3, 0.4) is 0 Å². The summed E-state index contributed by atoms with van der Waals surface area (Å²) in [5, 5.41) is 5.35. The van der Waals surface area contributed by atoms with Crippen LogP contribution >= 0.6 is 11.6 Å². The van der Waals surface area contributed by atoms with Crippen molar-refractivity contribution in [3.05, 3.63) is 57.9 Å². The molecule has 5 nitrogen and oxygen atoms in total. The molecule has 2 unspecified atom stereocenters. The fourth-order valence-corrected chi connectivity index (χ4v) is 3.71. The number of benzene rings is 1. The van der Waals surface area contributed by atoms with E-state index in [1.54, 1.807) is 6.08 Å². The Balaban J connectivity index is 1.75. The monoisotopic (exact) mass is 387 g/mol. The smallest absolute Gasteiger partial charge is 0.246 e. The summed E-state index contributed by atoms with van der Waals surface area (Å²) in [5.41, 5.74) is 3.91. The first kappa shape index (κ1) is 19.6. The number of halogens is 1. The molecule has 3 rings (SSSR count). The summed E-state index contributed by atoms with van der Waals surface area (Å²) in [6, 6.07) is 7.77. The Morgan fingerprint density at radius 2 is 1.93 bits per heavy atom. The van der Waals surface area contributed by atoms with Gasteiger partial charge in [-0.3, -0.25) is 9.48 Å². The second-order valence-electron chi connectivity index (χ2n) is 7.17. The molecule has 2 heterocycles. The van der Waals surface area contributed by atoms with E-state index in [1.165, 1.54) is 0 Å². The van der Waals surface area contributed by atoms with Crippen molar-refractivity contribution in [1.29, 1.82) is 0 Å². The van der Waals surface area contributed by atoms with E-state index in [0.717, 1.165) is 27.5 Å². The second kappa shape index (κ2) is 8.28. The van der Waals surface area contributed by atoms with Crippen molar-refractivity contribution >= 4 is 23.6 Å². The quantitative estimate of drug-likeness (QED) is 0.748. The number of morpholine rings is 1. The van der Waals surface area contributed by atoms with E-state index in [4.69, 9.17) is 16.3 Å². The summed E-state index contributed by atoms with van der Waals surface area (Å²) in [7, 11) is 0. The molecule has 1 aliphatic heterocycles. The second-order valence-corrected chi connectivity index (χ2v) is 7.57. The topological polar surface area (TPSA) is 47.4 Å². The Hall–Kier alpha value is -2.11. The molecule has 1 saturated heterocycles. The van der Waals surface area contributed by atoms with Crippen LogP contribution in [0.15, 0.2) is 30.3 Å². The Labute approximate surface area is 165 Å². The van der Waals surface area contributed by atoms with Crippen molar-refractivity contribution in [2.45, 2.75) is 46.4 Å². The third kappa shape index (κ3) is 4.60. The zero-order chi connectivity index (χ0) is 19.6. The van der Waals surface area contributed by atoms with E-state index in [2.05, 4.69) is 5.10 Å². The standard InChI is InChI=1S/C21H26ClN3O2/c1-14-11-24(12-15(2)27-14)21(26)10-9-19-16(3)23-25(17(19)4)13-18-7-5-6-8-20(18)22/h5-10,14-15H,11-13H2,1-4H3/b10-9+. The summed E-state index contributed by atoms with van der Waals surface area (Å²) >= 11 is 6.27. The Bertz CT molecular complexity index is 849. The van der Waals surface area contributed by atoms with Crippen LogP contribution in [0.5, 0.6) is 0 Å². The first-order chi connectivity index (χ1) is 12.8. The zero-order valence-electron chi connectivity index (χ0n) is 16.3. The van der Waals surface area contributed by atoms with Gasteiger partial charge in [-0.2, -0.15) is 5.10 Å². The van der Waals surface area contributed by atoms with Gasteiger partial charge in [0.15, 0.2) is 0 Å². The van der Waals surface area contributed by atoms with Gasteiger partial charge in [0.05, 0.1) is 24.4 Å². The molecule has 27 heavy (non-hydrogen) atoms. The molecule has 2 atom stereocenters. The minimum absolute atomic E-state index is 0.00894.